The molecule has 15 heavy (non-hydrogen) atoms. The van der Waals surface area contributed by atoms with Gasteiger partial charge >= 0.3 is 0 Å². The minimum absolute atomic E-state index is 0.0940. The molecule has 0 bridgehead atoms. The molecule has 0 radical (unpaired) electrons. The zero-order chi connectivity index (χ0) is 10.4. The van der Waals surface area contributed by atoms with Gasteiger partial charge in [-0.05, 0) is 18.9 Å². The normalized spacial score (nSPS) is 38.1. The van der Waals surface area contributed by atoms with E-state index in [9.17, 15) is 9.59 Å². The summed E-state index contributed by atoms with van der Waals surface area (Å²) in [7, 11) is 0. The molecule has 1 fully saturated rings. The average molecular weight is 203 g/mol. The topological polar surface area (TPSA) is 37.4 Å². The molecule has 3 unspecified atom stereocenters. The summed E-state index contributed by atoms with van der Waals surface area (Å²) >= 11 is 0. The summed E-state index contributed by atoms with van der Waals surface area (Å²) in [6.07, 6.45) is 9.89. The van der Waals surface area contributed by atoms with Gasteiger partial charge in [0, 0.05) is 24.5 Å². The van der Waals surface area contributed by atoms with Crippen LogP contribution in [-0.2, 0) is 9.59 Å². The number of carbonyl (C=O) groups excluding carboxylic acids is 2. The van der Waals surface area contributed by atoms with E-state index in [0.717, 1.165) is 12.8 Å². The lowest BCUT2D eigenvalue weighted by atomic mass is 9.81. The molecular formula is C12H13NO2. The predicted octanol–water partition coefficient (Wildman–Crippen LogP) is 1.27. The first kappa shape index (κ1) is 8.89. The summed E-state index contributed by atoms with van der Waals surface area (Å²) in [4.78, 5) is 25.1. The maximum atomic E-state index is 12.0. The summed E-state index contributed by atoms with van der Waals surface area (Å²) in [5.41, 5.74) is 0. The lowest BCUT2D eigenvalue weighted by Crippen LogP contribution is -2.35. The second-order valence-corrected chi connectivity index (χ2v) is 4.49. The van der Waals surface area contributed by atoms with Crippen LogP contribution >= 0.6 is 0 Å². The van der Waals surface area contributed by atoms with Crippen LogP contribution in [0.3, 0.4) is 0 Å². The predicted molar refractivity (Wildman–Crippen MR) is 54.8 cm³/mol. The van der Waals surface area contributed by atoms with Crippen molar-refractivity contribution in [1.29, 1.82) is 0 Å². The van der Waals surface area contributed by atoms with Gasteiger partial charge in [-0.2, -0.15) is 0 Å². The van der Waals surface area contributed by atoms with Crippen molar-refractivity contribution in [1.82, 2.24) is 4.90 Å². The molecule has 0 N–H and O–H groups in total. The minimum Gasteiger partial charge on any atom is -0.315 e. The zero-order valence-corrected chi connectivity index (χ0v) is 8.43. The molecule has 2 aliphatic heterocycles. The SMILES string of the molecule is O=C1C=CN2C(=O)C3CCC=CC3C2C1. The van der Waals surface area contributed by atoms with Gasteiger partial charge in [0.05, 0.1) is 6.04 Å². The second kappa shape index (κ2) is 3.05. The smallest absolute Gasteiger partial charge is 0.230 e. The maximum Gasteiger partial charge on any atom is 0.230 e. The van der Waals surface area contributed by atoms with E-state index in [1.54, 1.807) is 11.1 Å². The van der Waals surface area contributed by atoms with E-state index in [1.807, 2.05) is 0 Å². The minimum atomic E-state index is 0.0940. The molecule has 78 valence electrons. The van der Waals surface area contributed by atoms with Gasteiger partial charge in [0.25, 0.3) is 0 Å². The average Bonchev–Trinajstić information content (AvgIpc) is 2.54. The van der Waals surface area contributed by atoms with E-state index in [2.05, 4.69) is 12.2 Å². The highest BCUT2D eigenvalue weighted by atomic mass is 16.2. The van der Waals surface area contributed by atoms with Gasteiger partial charge < -0.3 is 4.90 Å². The maximum absolute atomic E-state index is 12.0. The highest BCUT2D eigenvalue weighted by Gasteiger charge is 2.47. The molecule has 2 heterocycles. The van der Waals surface area contributed by atoms with Crippen LogP contribution in [0.25, 0.3) is 0 Å². The molecule has 3 aliphatic rings. The summed E-state index contributed by atoms with van der Waals surface area (Å²) in [5, 5.41) is 0. The standard InChI is InChI=1S/C12H13NO2/c14-8-5-6-13-11(7-8)9-3-1-2-4-10(9)12(13)15/h1,3,5-6,9-11H,2,4,7H2. The van der Waals surface area contributed by atoms with E-state index in [1.165, 1.54) is 6.08 Å². The summed E-state index contributed by atoms with van der Waals surface area (Å²) in [6.45, 7) is 0. The monoisotopic (exact) mass is 203 g/mol. The summed E-state index contributed by atoms with van der Waals surface area (Å²) in [6, 6.07) is 0.0940. The molecular weight excluding hydrogens is 190 g/mol. The number of carbonyl (C=O) groups is 2. The first-order valence-corrected chi connectivity index (χ1v) is 5.47. The van der Waals surface area contributed by atoms with Gasteiger partial charge in [-0.25, -0.2) is 0 Å². The Morgan fingerprint density at radius 3 is 3.07 bits per heavy atom. The fourth-order valence-corrected chi connectivity index (χ4v) is 2.94. The van der Waals surface area contributed by atoms with Gasteiger partial charge in [-0.15, -0.1) is 0 Å². The van der Waals surface area contributed by atoms with Crippen LogP contribution in [0.15, 0.2) is 24.4 Å². The number of fused-ring (bicyclic) bond motifs is 3. The van der Waals surface area contributed by atoms with Crippen molar-refractivity contribution in [2.75, 3.05) is 0 Å². The molecule has 3 nitrogen and oxygen atoms in total. The molecule has 0 aromatic carbocycles. The van der Waals surface area contributed by atoms with E-state index in [0.29, 0.717) is 6.42 Å². The van der Waals surface area contributed by atoms with Crippen molar-refractivity contribution >= 4 is 11.7 Å². The number of amides is 1. The molecule has 3 heteroatoms. The Labute approximate surface area is 88.4 Å². The third-order valence-electron chi connectivity index (χ3n) is 3.67. The highest BCUT2D eigenvalue weighted by molar-refractivity contribution is 5.94. The van der Waals surface area contributed by atoms with Crippen molar-refractivity contribution < 1.29 is 9.59 Å². The summed E-state index contributed by atoms with van der Waals surface area (Å²) < 4.78 is 0. The third kappa shape index (κ3) is 1.19. The molecule has 3 rings (SSSR count). The first-order valence-electron chi connectivity index (χ1n) is 5.47. The van der Waals surface area contributed by atoms with Crippen LogP contribution in [0.1, 0.15) is 19.3 Å². The van der Waals surface area contributed by atoms with Crippen LogP contribution in [0.4, 0.5) is 0 Å². The number of allylic oxidation sites excluding steroid dienone is 2. The molecule has 0 aromatic heterocycles. The van der Waals surface area contributed by atoms with Gasteiger partial charge in [0.1, 0.15) is 0 Å². The number of hydrogen-bond donors (Lipinski definition) is 0. The largest absolute Gasteiger partial charge is 0.315 e. The number of nitrogens with zero attached hydrogens (tertiary/aromatic N) is 1. The molecule has 0 aromatic rings. The zero-order valence-electron chi connectivity index (χ0n) is 8.43. The second-order valence-electron chi connectivity index (χ2n) is 4.49. The third-order valence-corrected chi connectivity index (χ3v) is 3.67. The fourth-order valence-electron chi connectivity index (χ4n) is 2.94. The van der Waals surface area contributed by atoms with E-state index in [4.69, 9.17) is 0 Å². The van der Waals surface area contributed by atoms with Gasteiger partial charge in [-0.3, -0.25) is 9.59 Å². The molecule has 1 amide bonds. The Morgan fingerprint density at radius 2 is 2.20 bits per heavy atom. The Morgan fingerprint density at radius 1 is 1.33 bits per heavy atom. The van der Waals surface area contributed by atoms with Crippen molar-refractivity contribution in [3.8, 4) is 0 Å². The molecule has 1 aliphatic carbocycles. The van der Waals surface area contributed by atoms with Gasteiger partial charge in [0.15, 0.2) is 5.78 Å². The lowest BCUT2D eigenvalue weighted by molar-refractivity contribution is -0.130. The number of hydrogen-bond acceptors (Lipinski definition) is 2. The van der Waals surface area contributed by atoms with E-state index >= 15 is 0 Å². The van der Waals surface area contributed by atoms with E-state index < -0.39 is 0 Å². The summed E-state index contributed by atoms with van der Waals surface area (Å²) in [5.74, 6) is 0.734. The quantitative estimate of drug-likeness (QED) is 0.556. The molecule has 0 saturated carbocycles. The van der Waals surface area contributed by atoms with Crippen LogP contribution in [0, 0.1) is 11.8 Å². The van der Waals surface area contributed by atoms with Crippen LogP contribution < -0.4 is 0 Å². The molecule has 1 saturated heterocycles. The molecule has 0 spiro atoms. The number of ketones is 1. The van der Waals surface area contributed by atoms with Crippen molar-refractivity contribution in [3.63, 3.8) is 0 Å². The van der Waals surface area contributed by atoms with Crippen LogP contribution in [0.2, 0.25) is 0 Å². The Balaban J connectivity index is 1.99. The fraction of sp³-hybridized carbons (Fsp3) is 0.500. The Hall–Kier alpha value is -1.38. The van der Waals surface area contributed by atoms with E-state index in [-0.39, 0.29) is 29.6 Å². The Bertz CT molecular complexity index is 383. The van der Waals surface area contributed by atoms with Crippen molar-refractivity contribution in [2.24, 2.45) is 11.8 Å². The van der Waals surface area contributed by atoms with Crippen molar-refractivity contribution in [3.05, 3.63) is 24.4 Å². The first-order chi connectivity index (χ1) is 7.27. The Kier molecular flexibility index (Phi) is 1.81. The highest BCUT2D eigenvalue weighted by Crippen LogP contribution is 2.40. The number of rotatable bonds is 0. The lowest BCUT2D eigenvalue weighted by Gasteiger charge is -2.26. The van der Waals surface area contributed by atoms with Crippen molar-refractivity contribution in [2.45, 2.75) is 25.3 Å². The van der Waals surface area contributed by atoms with Gasteiger partial charge in [0.2, 0.25) is 5.91 Å². The van der Waals surface area contributed by atoms with Crippen LogP contribution in [-0.4, -0.2) is 22.6 Å². The van der Waals surface area contributed by atoms with Crippen LogP contribution in [0.5, 0.6) is 0 Å². The molecule has 3 atom stereocenters. The van der Waals surface area contributed by atoms with Gasteiger partial charge in [-0.1, -0.05) is 12.2 Å².